The standard InChI is InChI=1S/C20H23N5S/c1-2-9-18-16(6-1)24-20(26-18)13-22-15-7-5-8-17-14(15)12-23-25(17)19-10-3-4-11-21-19/h3-4,10-12,15,22H,1-2,5-9,13H2. The summed E-state index contributed by atoms with van der Waals surface area (Å²) >= 11 is 1.90. The van der Waals surface area contributed by atoms with Gasteiger partial charge in [0, 0.05) is 29.2 Å². The highest BCUT2D eigenvalue weighted by Crippen LogP contribution is 2.32. The predicted octanol–water partition coefficient (Wildman–Crippen LogP) is 3.77. The molecule has 1 unspecified atom stereocenters. The number of pyridine rings is 1. The third-order valence-electron chi connectivity index (χ3n) is 5.44. The quantitative estimate of drug-likeness (QED) is 0.765. The molecule has 0 aliphatic heterocycles. The van der Waals surface area contributed by atoms with Crippen LogP contribution in [0.25, 0.3) is 5.82 Å². The predicted molar refractivity (Wildman–Crippen MR) is 103 cm³/mol. The van der Waals surface area contributed by atoms with E-state index in [0.29, 0.717) is 6.04 Å². The molecule has 0 aromatic carbocycles. The second-order valence-corrected chi connectivity index (χ2v) is 8.32. The third kappa shape index (κ3) is 2.97. The van der Waals surface area contributed by atoms with Gasteiger partial charge in [0.1, 0.15) is 5.01 Å². The van der Waals surface area contributed by atoms with Gasteiger partial charge in [-0.3, -0.25) is 0 Å². The summed E-state index contributed by atoms with van der Waals surface area (Å²) in [6, 6.07) is 6.33. The number of rotatable bonds is 4. The Morgan fingerprint density at radius 2 is 2.12 bits per heavy atom. The lowest BCUT2D eigenvalue weighted by atomic mass is 9.93. The van der Waals surface area contributed by atoms with Gasteiger partial charge in [-0.2, -0.15) is 5.10 Å². The summed E-state index contributed by atoms with van der Waals surface area (Å²) in [6.07, 6.45) is 12.2. The first kappa shape index (κ1) is 16.1. The lowest BCUT2D eigenvalue weighted by Gasteiger charge is -2.23. The van der Waals surface area contributed by atoms with Crippen LogP contribution in [0.3, 0.4) is 0 Å². The first-order chi connectivity index (χ1) is 12.9. The lowest BCUT2D eigenvalue weighted by Crippen LogP contribution is -2.25. The summed E-state index contributed by atoms with van der Waals surface area (Å²) in [4.78, 5) is 10.8. The first-order valence-electron chi connectivity index (χ1n) is 9.57. The molecule has 2 aliphatic rings. The van der Waals surface area contributed by atoms with E-state index in [-0.39, 0.29) is 0 Å². The number of hydrogen-bond donors (Lipinski definition) is 1. The van der Waals surface area contributed by atoms with Crippen molar-refractivity contribution in [3.8, 4) is 5.82 Å². The zero-order chi connectivity index (χ0) is 17.3. The zero-order valence-corrected chi connectivity index (χ0v) is 15.6. The van der Waals surface area contributed by atoms with Crippen LogP contribution < -0.4 is 5.32 Å². The number of aromatic nitrogens is 4. The topological polar surface area (TPSA) is 55.6 Å². The van der Waals surface area contributed by atoms with E-state index in [1.165, 1.54) is 52.5 Å². The minimum absolute atomic E-state index is 0.358. The Balaban J connectivity index is 1.34. The molecule has 0 amide bonds. The fraction of sp³-hybridized carbons (Fsp3) is 0.450. The van der Waals surface area contributed by atoms with E-state index in [2.05, 4.69) is 15.4 Å². The van der Waals surface area contributed by atoms with Crippen LogP contribution in [-0.4, -0.2) is 19.7 Å². The molecule has 134 valence electrons. The molecule has 2 aliphatic carbocycles. The number of thiazole rings is 1. The van der Waals surface area contributed by atoms with Crippen LogP contribution >= 0.6 is 11.3 Å². The van der Waals surface area contributed by atoms with Gasteiger partial charge in [-0.05, 0) is 57.1 Å². The molecule has 3 aromatic rings. The third-order valence-corrected chi connectivity index (χ3v) is 6.60. The largest absolute Gasteiger partial charge is 0.303 e. The molecule has 0 radical (unpaired) electrons. The van der Waals surface area contributed by atoms with E-state index >= 15 is 0 Å². The zero-order valence-electron chi connectivity index (χ0n) is 14.8. The molecule has 5 nitrogen and oxygen atoms in total. The van der Waals surface area contributed by atoms with Gasteiger partial charge in [-0.25, -0.2) is 14.6 Å². The van der Waals surface area contributed by atoms with E-state index in [0.717, 1.165) is 31.6 Å². The molecule has 1 N–H and O–H groups in total. The maximum absolute atomic E-state index is 4.87. The summed E-state index contributed by atoms with van der Waals surface area (Å²) in [6.45, 7) is 0.858. The maximum Gasteiger partial charge on any atom is 0.153 e. The van der Waals surface area contributed by atoms with E-state index in [1.807, 2.05) is 46.6 Å². The van der Waals surface area contributed by atoms with Crippen molar-refractivity contribution < 1.29 is 0 Å². The number of aryl methyl sites for hydroxylation is 2. The summed E-state index contributed by atoms with van der Waals surface area (Å²) < 4.78 is 2.01. The maximum atomic E-state index is 4.87. The summed E-state index contributed by atoms with van der Waals surface area (Å²) in [5.41, 5.74) is 3.97. The second kappa shape index (κ2) is 6.93. The van der Waals surface area contributed by atoms with E-state index < -0.39 is 0 Å². The molecule has 5 rings (SSSR count). The molecule has 3 heterocycles. The molecule has 0 saturated carbocycles. The molecular formula is C20H23N5S. The van der Waals surface area contributed by atoms with E-state index in [9.17, 15) is 0 Å². The highest BCUT2D eigenvalue weighted by molar-refractivity contribution is 7.11. The Labute approximate surface area is 157 Å². The molecular weight excluding hydrogens is 342 g/mol. The number of fused-ring (bicyclic) bond motifs is 2. The van der Waals surface area contributed by atoms with Gasteiger partial charge in [-0.15, -0.1) is 11.3 Å². The normalized spacial score (nSPS) is 19.2. The fourth-order valence-electron chi connectivity index (χ4n) is 4.14. The molecule has 3 aromatic heterocycles. The molecule has 0 fully saturated rings. The Bertz CT molecular complexity index is 875. The Kier molecular flexibility index (Phi) is 4.30. The van der Waals surface area contributed by atoms with Crippen LogP contribution in [0.2, 0.25) is 0 Å². The molecule has 0 spiro atoms. The summed E-state index contributed by atoms with van der Waals surface area (Å²) in [7, 11) is 0. The average Bonchev–Trinajstić information content (AvgIpc) is 3.31. The smallest absolute Gasteiger partial charge is 0.153 e. The SMILES string of the molecule is c1ccc(-n2ncc3c2CCCC3NCc2nc3c(s2)CCCC3)nc1. The Morgan fingerprint density at radius 3 is 3.00 bits per heavy atom. The molecule has 0 saturated heterocycles. The molecule has 0 bridgehead atoms. The van der Waals surface area contributed by atoms with Crippen LogP contribution in [0.15, 0.2) is 30.6 Å². The lowest BCUT2D eigenvalue weighted by molar-refractivity contribution is 0.453. The highest BCUT2D eigenvalue weighted by Gasteiger charge is 2.25. The highest BCUT2D eigenvalue weighted by atomic mass is 32.1. The van der Waals surface area contributed by atoms with Gasteiger partial charge < -0.3 is 5.32 Å². The van der Waals surface area contributed by atoms with Crippen LogP contribution in [0, 0.1) is 0 Å². The Morgan fingerprint density at radius 1 is 1.15 bits per heavy atom. The van der Waals surface area contributed by atoms with Gasteiger partial charge in [0.05, 0.1) is 17.6 Å². The average molecular weight is 366 g/mol. The van der Waals surface area contributed by atoms with Crippen LogP contribution in [0.5, 0.6) is 0 Å². The van der Waals surface area contributed by atoms with E-state index in [1.54, 1.807) is 0 Å². The van der Waals surface area contributed by atoms with Gasteiger partial charge in [-0.1, -0.05) is 6.07 Å². The van der Waals surface area contributed by atoms with Crippen molar-refractivity contribution in [3.63, 3.8) is 0 Å². The van der Waals surface area contributed by atoms with Gasteiger partial charge >= 0.3 is 0 Å². The Hall–Kier alpha value is -2.05. The van der Waals surface area contributed by atoms with Gasteiger partial charge in [0.25, 0.3) is 0 Å². The van der Waals surface area contributed by atoms with Gasteiger partial charge in [0.15, 0.2) is 5.82 Å². The number of nitrogens with zero attached hydrogens (tertiary/aromatic N) is 4. The van der Waals surface area contributed by atoms with Gasteiger partial charge in [0.2, 0.25) is 0 Å². The van der Waals surface area contributed by atoms with Crippen molar-refractivity contribution in [2.24, 2.45) is 0 Å². The van der Waals surface area contributed by atoms with Crippen LogP contribution in [0.1, 0.15) is 58.6 Å². The van der Waals surface area contributed by atoms with Crippen molar-refractivity contribution in [3.05, 3.63) is 57.4 Å². The summed E-state index contributed by atoms with van der Waals surface area (Å²) in [5, 5.41) is 9.61. The van der Waals surface area contributed by atoms with Crippen molar-refractivity contribution in [1.82, 2.24) is 25.1 Å². The minimum atomic E-state index is 0.358. The molecule has 1 atom stereocenters. The summed E-state index contributed by atoms with van der Waals surface area (Å²) in [5.74, 6) is 0.905. The monoisotopic (exact) mass is 365 g/mol. The van der Waals surface area contributed by atoms with Crippen molar-refractivity contribution in [2.45, 2.75) is 57.5 Å². The number of nitrogens with one attached hydrogen (secondary N) is 1. The van der Waals surface area contributed by atoms with Crippen LogP contribution in [0.4, 0.5) is 0 Å². The van der Waals surface area contributed by atoms with E-state index in [4.69, 9.17) is 4.98 Å². The van der Waals surface area contributed by atoms with Crippen molar-refractivity contribution in [1.29, 1.82) is 0 Å². The minimum Gasteiger partial charge on any atom is -0.303 e. The van der Waals surface area contributed by atoms with Crippen molar-refractivity contribution in [2.75, 3.05) is 0 Å². The number of hydrogen-bond acceptors (Lipinski definition) is 5. The molecule has 26 heavy (non-hydrogen) atoms. The second-order valence-electron chi connectivity index (χ2n) is 7.16. The first-order valence-corrected chi connectivity index (χ1v) is 10.4. The van der Waals surface area contributed by atoms with Crippen molar-refractivity contribution >= 4 is 11.3 Å². The fourth-order valence-corrected chi connectivity index (χ4v) is 5.24. The van der Waals surface area contributed by atoms with Crippen LogP contribution in [-0.2, 0) is 25.8 Å². The molecule has 6 heteroatoms.